The molecule has 1 atom stereocenters. The van der Waals surface area contributed by atoms with E-state index in [9.17, 15) is 9.59 Å². The maximum Gasteiger partial charge on any atom is 0.243 e. The van der Waals surface area contributed by atoms with Crippen molar-refractivity contribution >= 4 is 23.6 Å². The van der Waals surface area contributed by atoms with Crippen LogP contribution in [0.2, 0.25) is 0 Å². The zero-order chi connectivity index (χ0) is 26.7. The summed E-state index contributed by atoms with van der Waals surface area (Å²) in [6.45, 7) is 4.58. The van der Waals surface area contributed by atoms with Crippen LogP contribution in [0.5, 0.6) is 0 Å². The molecule has 4 rings (SSSR count). The molecule has 2 amide bonds. The Morgan fingerprint density at radius 1 is 0.895 bits per heavy atom. The zero-order valence-corrected chi connectivity index (χ0v) is 23.5. The molecule has 3 aromatic rings. The lowest BCUT2D eigenvalue weighted by atomic mass is 9.94. The van der Waals surface area contributed by atoms with Crippen molar-refractivity contribution < 1.29 is 9.59 Å². The molecule has 0 spiro atoms. The van der Waals surface area contributed by atoms with Crippen LogP contribution in [0.3, 0.4) is 0 Å². The molecule has 38 heavy (non-hydrogen) atoms. The summed E-state index contributed by atoms with van der Waals surface area (Å²) in [7, 11) is 0. The Balaban J connectivity index is 1.57. The summed E-state index contributed by atoms with van der Waals surface area (Å²) in [6, 6.07) is 26.2. The van der Waals surface area contributed by atoms with Crippen LogP contribution in [0, 0.1) is 13.8 Å². The Morgan fingerprint density at radius 2 is 1.61 bits per heavy atom. The smallest absolute Gasteiger partial charge is 0.243 e. The van der Waals surface area contributed by atoms with Crippen molar-refractivity contribution in [3.63, 3.8) is 0 Å². The van der Waals surface area contributed by atoms with E-state index in [-0.39, 0.29) is 17.9 Å². The molecule has 1 aliphatic rings. The van der Waals surface area contributed by atoms with Crippen LogP contribution in [0.4, 0.5) is 0 Å². The summed E-state index contributed by atoms with van der Waals surface area (Å²) in [5.74, 6) is 1.08. The first-order valence-electron chi connectivity index (χ1n) is 13.8. The highest BCUT2D eigenvalue weighted by Crippen LogP contribution is 2.22. The molecule has 200 valence electrons. The number of amides is 2. The van der Waals surface area contributed by atoms with Gasteiger partial charge in [-0.3, -0.25) is 9.59 Å². The van der Waals surface area contributed by atoms with Crippen LogP contribution in [0.25, 0.3) is 0 Å². The van der Waals surface area contributed by atoms with Crippen molar-refractivity contribution in [3.8, 4) is 0 Å². The zero-order valence-electron chi connectivity index (χ0n) is 22.7. The fraction of sp³-hybridized carbons (Fsp3) is 0.394. The second-order valence-electron chi connectivity index (χ2n) is 10.5. The van der Waals surface area contributed by atoms with Gasteiger partial charge in [0.15, 0.2) is 0 Å². The van der Waals surface area contributed by atoms with E-state index in [1.165, 1.54) is 17.5 Å². The van der Waals surface area contributed by atoms with E-state index >= 15 is 0 Å². The standard InChI is InChI=1S/C33H40N2O2S/c1-25-12-11-16-28(20-25)22-35(32(36)24-38-23-29-17-10-9-13-26(29)2)31(21-27-14-5-3-6-15-27)33(37)34-30-18-7-4-8-19-30/h3,5-6,9-17,20,30-31H,4,7-8,18-19,21-24H2,1-2H3,(H,34,37)/t31-/m1/s1. The second kappa shape index (κ2) is 14.2. The van der Waals surface area contributed by atoms with Crippen molar-refractivity contribution in [3.05, 3.63) is 107 Å². The van der Waals surface area contributed by atoms with Crippen LogP contribution >= 0.6 is 11.8 Å². The molecule has 3 aromatic carbocycles. The van der Waals surface area contributed by atoms with Crippen molar-refractivity contribution in [2.75, 3.05) is 5.75 Å². The number of hydrogen-bond donors (Lipinski definition) is 1. The Kier molecular flexibility index (Phi) is 10.5. The number of nitrogens with one attached hydrogen (secondary N) is 1. The summed E-state index contributed by atoms with van der Waals surface area (Å²) in [5, 5.41) is 3.32. The van der Waals surface area contributed by atoms with Gasteiger partial charge < -0.3 is 10.2 Å². The molecule has 0 saturated heterocycles. The molecule has 4 nitrogen and oxygen atoms in total. The quantitative estimate of drug-likeness (QED) is 0.304. The molecule has 1 aliphatic carbocycles. The van der Waals surface area contributed by atoms with E-state index in [2.05, 4.69) is 43.4 Å². The third-order valence-corrected chi connectivity index (χ3v) is 8.37. The van der Waals surface area contributed by atoms with E-state index < -0.39 is 6.04 Å². The van der Waals surface area contributed by atoms with Crippen LogP contribution in [-0.4, -0.2) is 34.6 Å². The number of nitrogens with zero attached hydrogens (tertiary/aromatic N) is 1. The Morgan fingerprint density at radius 3 is 2.34 bits per heavy atom. The van der Waals surface area contributed by atoms with Crippen molar-refractivity contribution in [1.29, 1.82) is 0 Å². The lowest BCUT2D eigenvalue weighted by Gasteiger charge is -2.33. The minimum Gasteiger partial charge on any atom is -0.352 e. The van der Waals surface area contributed by atoms with Crippen LogP contribution in [0.1, 0.15) is 59.9 Å². The topological polar surface area (TPSA) is 49.4 Å². The van der Waals surface area contributed by atoms with Gasteiger partial charge in [0, 0.05) is 24.8 Å². The Bertz CT molecular complexity index is 1190. The number of carbonyl (C=O) groups is 2. The average Bonchev–Trinajstić information content (AvgIpc) is 2.93. The first kappa shape index (κ1) is 28.0. The predicted octanol–water partition coefficient (Wildman–Crippen LogP) is 6.63. The van der Waals surface area contributed by atoms with Crippen LogP contribution in [-0.2, 0) is 28.3 Å². The van der Waals surface area contributed by atoms with Gasteiger partial charge in [0.2, 0.25) is 11.8 Å². The molecular formula is C33H40N2O2S. The minimum absolute atomic E-state index is 0.00446. The maximum absolute atomic E-state index is 13.9. The second-order valence-corrected chi connectivity index (χ2v) is 11.5. The molecule has 1 fully saturated rings. The molecule has 0 bridgehead atoms. The third kappa shape index (κ3) is 8.22. The summed E-state index contributed by atoms with van der Waals surface area (Å²) in [6.07, 6.45) is 6.06. The largest absolute Gasteiger partial charge is 0.352 e. The number of carbonyl (C=O) groups excluding carboxylic acids is 2. The molecular weight excluding hydrogens is 488 g/mol. The van der Waals surface area contributed by atoms with Crippen LogP contribution < -0.4 is 5.32 Å². The van der Waals surface area contributed by atoms with Gasteiger partial charge in [0.1, 0.15) is 6.04 Å². The van der Waals surface area contributed by atoms with Gasteiger partial charge in [0.25, 0.3) is 0 Å². The molecule has 0 aromatic heterocycles. The molecule has 0 unspecified atom stereocenters. The van der Waals surface area contributed by atoms with E-state index in [4.69, 9.17) is 0 Å². The normalized spacial score (nSPS) is 14.6. The highest BCUT2D eigenvalue weighted by Gasteiger charge is 2.31. The fourth-order valence-electron chi connectivity index (χ4n) is 5.21. The van der Waals surface area contributed by atoms with Gasteiger partial charge in [-0.2, -0.15) is 0 Å². The van der Waals surface area contributed by atoms with E-state index in [1.807, 2.05) is 59.5 Å². The van der Waals surface area contributed by atoms with E-state index in [0.29, 0.717) is 18.7 Å². The van der Waals surface area contributed by atoms with Gasteiger partial charge in [-0.15, -0.1) is 11.8 Å². The highest BCUT2D eigenvalue weighted by molar-refractivity contribution is 7.99. The number of rotatable bonds is 11. The maximum atomic E-state index is 13.9. The van der Waals surface area contributed by atoms with Crippen molar-refractivity contribution in [1.82, 2.24) is 10.2 Å². The summed E-state index contributed by atoms with van der Waals surface area (Å²) in [4.78, 5) is 29.5. The molecule has 1 saturated carbocycles. The molecule has 5 heteroatoms. The molecule has 0 heterocycles. The van der Waals surface area contributed by atoms with Gasteiger partial charge in [-0.25, -0.2) is 0 Å². The lowest BCUT2D eigenvalue weighted by Crippen LogP contribution is -2.53. The molecule has 1 N–H and O–H groups in total. The number of thioether (sulfide) groups is 1. The lowest BCUT2D eigenvalue weighted by molar-refractivity contribution is -0.139. The highest BCUT2D eigenvalue weighted by atomic mass is 32.2. The molecule has 0 radical (unpaired) electrons. The van der Waals surface area contributed by atoms with Crippen molar-refractivity contribution in [2.45, 2.75) is 76.8 Å². The van der Waals surface area contributed by atoms with E-state index in [1.54, 1.807) is 11.8 Å². The Labute approximate surface area is 232 Å². The predicted molar refractivity (Wildman–Crippen MR) is 158 cm³/mol. The fourth-order valence-corrected chi connectivity index (χ4v) is 6.20. The van der Waals surface area contributed by atoms with Crippen LogP contribution in [0.15, 0.2) is 78.9 Å². The van der Waals surface area contributed by atoms with Gasteiger partial charge in [-0.1, -0.05) is 104 Å². The summed E-state index contributed by atoms with van der Waals surface area (Å²) in [5.41, 5.74) is 5.73. The Hall–Kier alpha value is -3.05. The monoisotopic (exact) mass is 528 g/mol. The molecule has 0 aliphatic heterocycles. The first-order chi connectivity index (χ1) is 18.5. The number of hydrogen-bond acceptors (Lipinski definition) is 3. The summed E-state index contributed by atoms with van der Waals surface area (Å²) < 4.78 is 0. The summed E-state index contributed by atoms with van der Waals surface area (Å²) >= 11 is 1.62. The first-order valence-corrected chi connectivity index (χ1v) is 15.0. The van der Waals surface area contributed by atoms with Crippen molar-refractivity contribution in [2.24, 2.45) is 0 Å². The third-order valence-electron chi connectivity index (χ3n) is 7.40. The van der Waals surface area contributed by atoms with Gasteiger partial charge in [0.05, 0.1) is 5.75 Å². The van der Waals surface area contributed by atoms with E-state index in [0.717, 1.165) is 48.1 Å². The minimum atomic E-state index is -0.564. The van der Waals surface area contributed by atoms with Gasteiger partial charge in [-0.05, 0) is 48.9 Å². The van der Waals surface area contributed by atoms with Gasteiger partial charge >= 0.3 is 0 Å². The average molecular weight is 529 g/mol. The number of benzene rings is 3. The number of aryl methyl sites for hydroxylation is 2. The SMILES string of the molecule is Cc1cccc(CN(C(=O)CSCc2ccccc2C)[C@H](Cc2ccccc2)C(=O)NC2CCCCC2)c1.